The molecule has 0 aliphatic heterocycles. The lowest BCUT2D eigenvalue weighted by Crippen LogP contribution is -2.24. The van der Waals surface area contributed by atoms with Gasteiger partial charge in [-0.15, -0.1) is 0 Å². The van der Waals surface area contributed by atoms with Crippen LogP contribution in [0.2, 0.25) is 0 Å². The molecule has 0 aliphatic carbocycles. The normalized spacial score (nSPS) is 9.83. The fraction of sp³-hybridized carbons (Fsp3) is 0.0909. The standard InChI is InChI=1S/C11H12N6O/c12-16-8-3-4-10(13-6-8)11(18)14-7-9-2-1-5-15-17-9/h1-6,16H,7,12H2,(H,14,18). The summed E-state index contributed by atoms with van der Waals surface area (Å²) in [6.45, 7) is 0.311. The van der Waals surface area contributed by atoms with E-state index in [0.29, 0.717) is 23.6 Å². The molecular formula is C11H12N6O. The van der Waals surface area contributed by atoms with E-state index in [-0.39, 0.29) is 5.91 Å². The maximum atomic E-state index is 11.7. The first kappa shape index (κ1) is 11.9. The second-order valence-electron chi connectivity index (χ2n) is 3.47. The Bertz CT molecular complexity index is 513. The van der Waals surface area contributed by atoms with Gasteiger partial charge in [0.25, 0.3) is 5.91 Å². The minimum Gasteiger partial charge on any atom is -0.345 e. The fourth-order valence-electron chi connectivity index (χ4n) is 1.30. The molecule has 0 aromatic carbocycles. The Morgan fingerprint density at radius 3 is 2.83 bits per heavy atom. The first-order chi connectivity index (χ1) is 8.79. The lowest BCUT2D eigenvalue weighted by molar-refractivity contribution is 0.0945. The number of amides is 1. The Kier molecular flexibility index (Phi) is 3.77. The van der Waals surface area contributed by atoms with Crippen LogP contribution in [-0.2, 0) is 6.54 Å². The molecule has 0 bridgehead atoms. The van der Waals surface area contributed by atoms with E-state index in [2.05, 4.69) is 25.9 Å². The molecule has 0 aliphatic rings. The Labute approximate surface area is 103 Å². The zero-order valence-corrected chi connectivity index (χ0v) is 9.50. The van der Waals surface area contributed by atoms with Gasteiger partial charge in [-0.1, -0.05) is 0 Å². The molecular weight excluding hydrogens is 232 g/mol. The van der Waals surface area contributed by atoms with Gasteiger partial charge < -0.3 is 10.7 Å². The van der Waals surface area contributed by atoms with Crippen molar-refractivity contribution in [3.63, 3.8) is 0 Å². The van der Waals surface area contributed by atoms with Gasteiger partial charge in [0, 0.05) is 6.20 Å². The SMILES string of the molecule is NNc1ccc(C(=O)NCc2cccnn2)nc1. The maximum absolute atomic E-state index is 11.7. The van der Waals surface area contributed by atoms with Crippen LogP contribution in [0.15, 0.2) is 36.7 Å². The van der Waals surface area contributed by atoms with Crippen LogP contribution in [0.25, 0.3) is 0 Å². The third-order valence-electron chi connectivity index (χ3n) is 2.22. The van der Waals surface area contributed by atoms with Crippen LogP contribution in [0, 0.1) is 0 Å². The monoisotopic (exact) mass is 244 g/mol. The van der Waals surface area contributed by atoms with E-state index in [0.717, 1.165) is 0 Å². The average molecular weight is 244 g/mol. The van der Waals surface area contributed by atoms with Gasteiger partial charge in [-0.2, -0.15) is 10.2 Å². The first-order valence-electron chi connectivity index (χ1n) is 5.27. The Morgan fingerprint density at radius 1 is 1.33 bits per heavy atom. The van der Waals surface area contributed by atoms with Gasteiger partial charge >= 0.3 is 0 Å². The molecule has 1 amide bonds. The predicted molar refractivity (Wildman–Crippen MR) is 65.2 cm³/mol. The molecule has 2 rings (SSSR count). The zero-order chi connectivity index (χ0) is 12.8. The molecule has 0 saturated heterocycles. The number of nitrogen functional groups attached to an aromatic ring is 1. The molecule has 2 aromatic heterocycles. The molecule has 92 valence electrons. The molecule has 0 fully saturated rings. The summed E-state index contributed by atoms with van der Waals surface area (Å²) in [4.78, 5) is 15.7. The highest BCUT2D eigenvalue weighted by Crippen LogP contribution is 2.04. The Hall–Kier alpha value is -2.54. The molecule has 2 aromatic rings. The van der Waals surface area contributed by atoms with E-state index in [1.807, 2.05) is 0 Å². The van der Waals surface area contributed by atoms with Crippen LogP contribution >= 0.6 is 0 Å². The van der Waals surface area contributed by atoms with Crippen LogP contribution in [0.5, 0.6) is 0 Å². The quantitative estimate of drug-likeness (QED) is 0.520. The number of nitrogens with zero attached hydrogens (tertiary/aromatic N) is 3. The van der Waals surface area contributed by atoms with Gasteiger partial charge in [-0.05, 0) is 24.3 Å². The number of nitrogens with one attached hydrogen (secondary N) is 2. The number of anilines is 1. The summed E-state index contributed by atoms with van der Waals surface area (Å²) in [5.41, 5.74) is 4.08. The molecule has 7 heteroatoms. The van der Waals surface area contributed by atoms with Crippen LogP contribution < -0.4 is 16.6 Å². The molecule has 0 saturated carbocycles. The van der Waals surface area contributed by atoms with Crippen molar-refractivity contribution in [1.29, 1.82) is 0 Å². The molecule has 0 atom stereocenters. The largest absolute Gasteiger partial charge is 0.345 e. The molecule has 0 unspecified atom stereocenters. The van der Waals surface area contributed by atoms with Crippen molar-refractivity contribution in [3.8, 4) is 0 Å². The number of hydrogen-bond acceptors (Lipinski definition) is 6. The highest BCUT2D eigenvalue weighted by molar-refractivity contribution is 5.92. The van der Waals surface area contributed by atoms with Crippen molar-refractivity contribution in [2.24, 2.45) is 5.84 Å². The summed E-state index contributed by atoms with van der Waals surface area (Å²) < 4.78 is 0. The molecule has 4 N–H and O–H groups in total. The number of aromatic nitrogens is 3. The smallest absolute Gasteiger partial charge is 0.270 e. The van der Waals surface area contributed by atoms with Crippen molar-refractivity contribution in [1.82, 2.24) is 20.5 Å². The van der Waals surface area contributed by atoms with Gasteiger partial charge in [-0.3, -0.25) is 10.6 Å². The van der Waals surface area contributed by atoms with Gasteiger partial charge in [0.2, 0.25) is 0 Å². The third kappa shape index (κ3) is 2.98. The van der Waals surface area contributed by atoms with E-state index in [1.165, 1.54) is 6.20 Å². The number of hydrazine groups is 1. The van der Waals surface area contributed by atoms with E-state index in [4.69, 9.17) is 5.84 Å². The lowest BCUT2D eigenvalue weighted by atomic mass is 10.3. The average Bonchev–Trinajstić information content (AvgIpc) is 2.46. The summed E-state index contributed by atoms with van der Waals surface area (Å²) in [5.74, 6) is 4.93. The predicted octanol–water partition coefficient (Wildman–Crippen LogP) is 0.0872. The highest BCUT2D eigenvalue weighted by Gasteiger charge is 2.06. The van der Waals surface area contributed by atoms with Crippen molar-refractivity contribution in [2.75, 3.05) is 5.43 Å². The van der Waals surface area contributed by atoms with Crippen LogP contribution in [0.3, 0.4) is 0 Å². The summed E-state index contributed by atoms with van der Waals surface area (Å²) in [6.07, 6.45) is 3.06. The summed E-state index contributed by atoms with van der Waals surface area (Å²) in [6, 6.07) is 6.79. The van der Waals surface area contributed by atoms with Crippen LogP contribution in [0.1, 0.15) is 16.2 Å². The number of carbonyl (C=O) groups is 1. The summed E-state index contributed by atoms with van der Waals surface area (Å²) in [5, 5.41) is 10.3. The van der Waals surface area contributed by atoms with E-state index >= 15 is 0 Å². The second kappa shape index (κ2) is 5.69. The number of pyridine rings is 1. The van der Waals surface area contributed by atoms with Crippen LogP contribution in [-0.4, -0.2) is 21.1 Å². The minimum absolute atomic E-state index is 0.274. The highest BCUT2D eigenvalue weighted by atomic mass is 16.1. The molecule has 0 radical (unpaired) electrons. The van der Waals surface area contributed by atoms with E-state index < -0.39 is 0 Å². The Morgan fingerprint density at radius 2 is 2.22 bits per heavy atom. The number of carbonyl (C=O) groups excluding carboxylic acids is 1. The van der Waals surface area contributed by atoms with Gasteiger partial charge in [-0.25, -0.2) is 4.98 Å². The number of nitrogens with two attached hydrogens (primary N) is 1. The number of hydrogen-bond donors (Lipinski definition) is 3. The van der Waals surface area contributed by atoms with Gasteiger partial charge in [0.15, 0.2) is 0 Å². The second-order valence-corrected chi connectivity index (χ2v) is 3.47. The van der Waals surface area contributed by atoms with Crippen LogP contribution in [0.4, 0.5) is 5.69 Å². The molecule has 0 spiro atoms. The van der Waals surface area contributed by atoms with Crippen molar-refractivity contribution < 1.29 is 4.79 Å². The molecule has 18 heavy (non-hydrogen) atoms. The fourth-order valence-corrected chi connectivity index (χ4v) is 1.30. The minimum atomic E-state index is -0.274. The topological polar surface area (TPSA) is 106 Å². The Balaban J connectivity index is 1.95. The number of rotatable bonds is 4. The molecule has 2 heterocycles. The van der Waals surface area contributed by atoms with Crippen molar-refractivity contribution >= 4 is 11.6 Å². The maximum Gasteiger partial charge on any atom is 0.270 e. The zero-order valence-electron chi connectivity index (χ0n) is 9.50. The van der Waals surface area contributed by atoms with E-state index in [9.17, 15) is 4.79 Å². The van der Waals surface area contributed by atoms with Crippen molar-refractivity contribution in [3.05, 3.63) is 48.0 Å². The summed E-state index contributed by atoms with van der Waals surface area (Å²) in [7, 11) is 0. The molecule has 7 nitrogen and oxygen atoms in total. The van der Waals surface area contributed by atoms with Gasteiger partial charge in [0.05, 0.1) is 24.1 Å². The van der Waals surface area contributed by atoms with Crippen molar-refractivity contribution in [2.45, 2.75) is 6.54 Å². The first-order valence-corrected chi connectivity index (χ1v) is 5.27. The van der Waals surface area contributed by atoms with E-state index in [1.54, 1.807) is 30.5 Å². The summed E-state index contributed by atoms with van der Waals surface area (Å²) >= 11 is 0. The van der Waals surface area contributed by atoms with Gasteiger partial charge in [0.1, 0.15) is 5.69 Å². The third-order valence-corrected chi connectivity index (χ3v) is 2.22. The lowest BCUT2D eigenvalue weighted by Gasteiger charge is -2.04.